The zero-order valence-electron chi connectivity index (χ0n) is 13.0. The third-order valence-electron chi connectivity index (χ3n) is 4.23. The second kappa shape index (κ2) is 6.72. The molecule has 8 heteroatoms. The van der Waals surface area contributed by atoms with Gasteiger partial charge in [0.1, 0.15) is 0 Å². The Labute approximate surface area is 147 Å². The molecule has 2 aliphatic heterocycles. The summed E-state index contributed by atoms with van der Waals surface area (Å²) in [5.41, 5.74) is 1.20. The van der Waals surface area contributed by atoms with Gasteiger partial charge in [0.15, 0.2) is 10.9 Å². The number of nitrogens with one attached hydrogen (secondary N) is 2. The number of thiazole rings is 1. The Hall–Kier alpha value is -1.61. The lowest BCUT2D eigenvalue weighted by molar-refractivity contribution is 0.0903. The number of carbonyl (C=O) groups is 2. The smallest absolute Gasteiger partial charge is 0.267 e. The van der Waals surface area contributed by atoms with Crippen molar-refractivity contribution in [3.05, 3.63) is 32.5 Å². The number of nitrogens with zero attached hydrogens (tertiary/aromatic N) is 1. The molecule has 1 atom stereocenters. The summed E-state index contributed by atoms with van der Waals surface area (Å²) in [7, 11) is 0. The molecule has 24 heavy (non-hydrogen) atoms. The van der Waals surface area contributed by atoms with Crippen molar-refractivity contribution in [1.82, 2.24) is 10.3 Å². The van der Waals surface area contributed by atoms with E-state index in [1.54, 1.807) is 6.20 Å². The van der Waals surface area contributed by atoms with Crippen LogP contribution in [-0.2, 0) is 17.7 Å². The second-order valence-electron chi connectivity index (χ2n) is 5.89. The third-order valence-corrected chi connectivity index (χ3v) is 6.40. The van der Waals surface area contributed by atoms with Gasteiger partial charge in [0.05, 0.1) is 22.6 Å². The van der Waals surface area contributed by atoms with Crippen LogP contribution >= 0.6 is 22.7 Å². The Morgan fingerprint density at radius 2 is 2.25 bits per heavy atom. The number of fused-ring (bicyclic) bond motifs is 1. The number of ketones is 1. The fraction of sp³-hybridized carbons (Fsp3) is 0.438. The van der Waals surface area contributed by atoms with Gasteiger partial charge >= 0.3 is 0 Å². The number of thiophene rings is 1. The first-order valence-corrected chi connectivity index (χ1v) is 9.55. The summed E-state index contributed by atoms with van der Waals surface area (Å²) in [5, 5.41) is 6.58. The van der Waals surface area contributed by atoms with Gasteiger partial charge in [-0.2, -0.15) is 0 Å². The molecule has 4 rings (SSSR count). The van der Waals surface area contributed by atoms with Crippen LogP contribution in [-0.4, -0.2) is 36.4 Å². The predicted molar refractivity (Wildman–Crippen MR) is 93.1 cm³/mol. The topological polar surface area (TPSA) is 80.3 Å². The summed E-state index contributed by atoms with van der Waals surface area (Å²) in [5.74, 6) is -0.180. The Balaban J connectivity index is 1.44. The molecule has 0 saturated carbocycles. The van der Waals surface area contributed by atoms with E-state index in [0.717, 1.165) is 25.9 Å². The van der Waals surface area contributed by atoms with E-state index < -0.39 is 0 Å². The normalized spacial score (nSPS) is 19.9. The Morgan fingerprint density at radius 3 is 3.04 bits per heavy atom. The lowest BCUT2D eigenvalue weighted by Crippen LogP contribution is -2.21. The van der Waals surface area contributed by atoms with Crippen LogP contribution in [0.5, 0.6) is 0 Å². The summed E-state index contributed by atoms with van der Waals surface area (Å²) >= 11 is 2.77. The fourth-order valence-electron chi connectivity index (χ4n) is 2.91. The molecule has 1 fully saturated rings. The van der Waals surface area contributed by atoms with Crippen molar-refractivity contribution in [1.29, 1.82) is 0 Å². The van der Waals surface area contributed by atoms with E-state index in [2.05, 4.69) is 15.6 Å². The van der Waals surface area contributed by atoms with Crippen LogP contribution in [0.3, 0.4) is 0 Å². The van der Waals surface area contributed by atoms with Crippen molar-refractivity contribution in [2.24, 2.45) is 5.92 Å². The molecule has 0 radical (unpaired) electrons. The summed E-state index contributed by atoms with van der Waals surface area (Å²) in [6, 6.07) is 1.94. The van der Waals surface area contributed by atoms with Gasteiger partial charge in [-0.05, 0) is 24.5 Å². The molecule has 0 spiro atoms. The molecule has 0 aromatic carbocycles. The third kappa shape index (κ3) is 3.14. The number of rotatable bonds is 4. The number of amides is 1. The Kier molecular flexibility index (Phi) is 4.45. The van der Waals surface area contributed by atoms with Gasteiger partial charge in [-0.1, -0.05) is 11.3 Å². The van der Waals surface area contributed by atoms with Crippen LogP contribution in [0.4, 0.5) is 5.13 Å². The van der Waals surface area contributed by atoms with Crippen LogP contribution in [0.2, 0.25) is 0 Å². The highest BCUT2D eigenvalue weighted by Crippen LogP contribution is 2.28. The van der Waals surface area contributed by atoms with Gasteiger partial charge in [-0.15, -0.1) is 11.3 Å². The molecular weight excluding hydrogens is 346 g/mol. The maximum atomic E-state index is 12.4. The largest absolute Gasteiger partial charge is 0.381 e. The van der Waals surface area contributed by atoms with Crippen LogP contribution < -0.4 is 10.6 Å². The first-order valence-electron chi connectivity index (χ1n) is 7.92. The van der Waals surface area contributed by atoms with Gasteiger partial charge in [-0.25, -0.2) is 4.98 Å². The van der Waals surface area contributed by atoms with E-state index in [1.165, 1.54) is 33.1 Å². The number of Topliss-reactive ketones (excluding diaryl/α,β-unsaturated/α-hetero) is 1. The van der Waals surface area contributed by atoms with Crippen molar-refractivity contribution in [2.75, 3.05) is 25.1 Å². The van der Waals surface area contributed by atoms with Crippen LogP contribution in [0.15, 0.2) is 12.3 Å². The van der Waals surface area contributed by atoms with Gasteiger partial charge in [0, 0.05) is 30.5 Å². The fourth-order valence-corrected chi connectivity index (χ4v) is 4.82. The molecule has 1 saturated heterocycles. The lowest BCUT2D eigenvalue weighted by atomic mass is 10.0. The minimum Gasteiger partial charge on any atom is -0.381 e. The second-order valence-corrected chi connectivity index (χ2v) is 8.06. The maximum absolute atomic E-state index is 12.4. The molecule has 0 bridgehead atoms. The number of anilines is 1. The van der Waals surface area contributed by atoms with Crippen molar-refractivity contribution in [3.8, 4) is 0 Å². The van der Waals surface area contributed by atoms with E-state index >= 15 is 0 Å². The monoisotopic (exact) mass is 363 g/mol. The minimum atomic E-state index is -0.160. The predicted octanol–water partition coefficient (Wildman–Crippen LogP) is 2.32. The highest BCUT2D eigenvalue weighted by Gasteiger charge is 2.26. The van der Waals surface area contributed by atoms with Gasteiger partial charge in [0.2, 0.25) is 0 Å². The summed E-state index contributed by atoms with van der Waals surface area (Å²) in [4.78, 5) is 31.4. The standard InChI is InChI=1S/C16H17N3O3S2/c20-14(9-2-4-22-8-9)13-7-18-16(24-13)19-15(21)12-5-10-6-17-3-1-11(10)23-12/h5,7,9,17H,1-4,6,8H2,(H,18,19,21). The molecule has 2 aromatic rings. The number of hydrogen-bond donors (Lipinski definition) is 2. The summed E-state index contributed by atoms with van der Waals surface area (Å²) < 4.78 is 5.26. The van der Waals surface area contributed by atoms with Crippen LogP contribution in [0.1, 0.15) is 36.2 Å². The lowest BCUT2D eigenvalue weighted by Gasteiger charge is -2.10. The van der Waals surface area contributed by atoms with Crippen LogP contribution in [0.25, 0.3) is 0 Å². The van der Waals surface area contributed by atoms with Crippen molar-refractivity contribution in [2.45, 2.75) is 19.4 Å². The zero-order valence-corrected chi connectivity index (χ0v) is 14.6. The highest BCUT2D eigenvalue weighted by molar-refractivity contribution is 7.18. The molecule has 1 unspecified atom stereocenters. The Bertz CT molecular complexity index is 754. The Morgan fingerprint density at radius 1 is 1.33 bits per heavy atom. The highest BCUT2D eigenvalue weighted by atomic mass is 32.1. The summed E-state index contributed by atoms with van der Waals surface area (Å²) in [6.45, 7) is 2.89. The molecule has 1 amide bonds. The first-order chi connectivity index (χ1) is 11.7. The van der Waals surface area contributed by atoms with E-state index in [1.807, 2.05) is 6.07 Å². The van der Waals surface area contributed by atoms with E-state index in [4.69, 9.17) is 4.74 Å². The zero-order chi connectivity index (χ0) is 16.5. The van der Waals surface area contributed by atoms with E-state index in [9.17, 15) is 9.59 Å². The number of carbonyl (C=O) groups excluding carboxylic acids is 2. The van der Waals surface area contributed by atoms with E-state index in [0.29, 0.717) is 28.1 Å². The van der Waals surface area contributed by atoms with Crippen molar-refractivity contribution < 1.29 is 14.3 Å². The molecule has 126 valence electrons. The van der Waals surface area contributed by atoms with Crippen LogP contribution in [0, 0.1) is 5.92 Å². The van der Waals surface area contributed by atoms with Crippen molar-refractivity contribution >= 4 is 39.5 Å². The van der Waals surface area contributed by atoms with Gasteiger partial charge in [-0.3, -0.25) is 14.9 Å². The molecular formula is C16H17N3O3S2. The van der Waals surface area contributed by atoms with Crippen molar-refractivity contribution in [3.63, 3.8) is 0 Å². The molecule has 2 aromatic heterocycles. The number of hydrogen-bond acceptors (Lipinski definition) is 7. The molecule has 0 aliphatic carbocycles. The van der Waals surface area contributed by atoms with Gasteiger partial charge < -0.3 is 10.1 Å². The van der Waals surface area contributed by atoms with E-state index in [-0.39, 0.29) is 17.6 Å². The number of aromatic nitrogens is 1. The molecule has 4 heterocycles. The molecule has 6 nitrogen and oxygen atoms in total. The SMILES string of the molecule is O=C(Nc1ncc(C(=O)C2CCOC2)s1)c1cc2c(s1)CCNC2. The average molecular weight is 363 g/mol. The first kappa shape index (κ1) is 15.9. The minimum absolute atomic E-state index is 0.0585. The maximum Gasteiger partial charge on any atom is 0.267 e. The molecule has 2 aliphatic rings. The average Bonchev–Trinajstić information content (AvgIpc) is 3.33. The number of ether oxygens (including phenoxy) is 1. The quantitative estimate of drug-likeness (QED) is 0.815. The van der Waals surface area contributed by atoms with Gasteiger partial charge in [0.25, 0.3) is 5.91 Å². The summed E-state index contributed by atoms with van der Waals surface area (Å²) in [6.07, 6.45) is 3.27. The molecule has 2 N–H and O–H groups in total.